The fourth-order valence-electron chi connectivity index (χ4n) is 0.905. The Kier molecular flexibility index (Phi) is 5.60. The summed E-state index contributed by atoms with van der Waals surface area (Å²) in [6, 6.07) is -1.16. The van der Waals surface area contributed by atoms with E-state index in [1.807, 2.05) is 0 Å². The van der Waals surface area contributed by atoms with Crippen LogP contribution in [0.3, 0.4) is 0 Å². The number of carboxylic acid groups (broad SMARTS) is 1. The number of carbonyl (C=O) groups excluding carboxylic acids is 2. The number of carboxylic acids is 1. The third-order valence-corrected chi connectivity index (χ3v) is 2.13. The van der Waals surface area contributed by atoms with Gasteiger partial charge in [0.05, 0.1) is 0 Å². The Morgan fingerprint density at radius 2 is 1.83 bits per heavy atom. The molecule has 0 aromatic rings. The minimum Gasteiger partial charge on any atom is -0.480 e. The molecule has 104 valence electrons. The van der Waals surface area contributed by atoms with E-state index in [1.54, 1.807) is 0 Å². The summed E-state index contributed by atoms with van der Waals surface area (Å²) >= 11 is 0. The molecule has 0 aromatic carbocycles. The second kappa shape index (κ2) is 6.22. The van der Waals surface area contributed by atoms with Crippen LogP contribution in [0.1, 0.15) is 13.3 Å². The quantitative estimate of drug-likeness (QED) is 0.688. The predicted octanol–water partition coefficient (Wildman–Crippen LogP) is -0.0135. The van der Waals surface area contributed by atoms with Gasteiger partial charge in [-0.2, -0.15) is 13.2 Å². The first kappa shape index (κ1) is 16.2. The summed E-state index contributed by atoms with van der Waals surface area (Å²) in [5, 5.41) is 10.1. The monoisotopic (exact) mass is 270 g/mol. The van der Waals surface area contributed by atoms with Crippen molar-refractivity contribution in [1.82, 2.24) is 10.2 Å². The Labute approximate surface area is 101 Å². The molecule has 0 radical (unpaired) electrons. The molecule has 0 bridgehead atoms. The van der Waals surface area contributed by atoms with Crippen molar-refractivity contribution in [2.45, 2.75) is 25.6 Å². The summed E-state index contributed by atoms with van der Waals surface area (Å²) in [6.07, 6.45) is -5.39. The molecule has 6 nitrogen and oxygen atoms in total. The van der Waals surface area contributed by atoms with Gasteiger partial charge in [0.2, 0.25) is 11.8 Å². The number of rotatable bonds is 5. The minimum atomic E-state index is -4.56. The number of nitrogens with one attached hydrogen (secondary N) is 1. The Morgan fingerprint density at radius 3 is 2.22 bits per heavy atom. The van der Waals surface area contributed by atoms with E-state index in [4.69, 9.17) is 5.11 Å². The zero-order chi connectivity index (χ0) is 14.5. The highest BCUT2D eigenvalue weighted by molar-refractivity contribution is 5.98. The molecule has 1 unspecified atom stereocenters. The number of hydrogen-bond acceptors (Lipinski definition) is 3. The molecule has 0 saturated heterocycles. The largest absolute Gasteiger partial charge is 0.480 e. The average Bonchev–Trinajstić information content (AvgIpc) is 2.23. The van der Waals surface area contributed by atoms with Crippen molar-refractivity contribution >= 4 is 17.8 Å². The van der Waals surface area contributed by atoms with Crippen LogP contribution in [0.25, 0.3) is 0 Å². The molecule has 0 saturated carbocycles. The first-order valence-electron chi connectivity index (χ1n) is 4.86. The second-order valence-electron chi connectivity index (χ2n) is 3.59. The molecule has 1 atom stereocenters. The smallest absolute Gasteiger partial charge is 0.405 e. The number of hydrogen-bond donors (Lipinski definition) is 2. The summed E-state index contributed by atoms with van der Waals surface area (Å²) in [5.74, 6) is -3.26. The SMILES string of the molecule is CC(C(=O)O)N(C)C(=O)CC(=O)NCC(F)(F)F. The number of halogens is 3. The number of alkyl halides is 3. The molecule has 18 heavy (non-hydrogen) atoms. The predicted molar refractivity (Wildman–Crippen MR) is 53.5 cm³/mol. The van der Waals surface area contributed by atoms with Gasteiger partial charge in [-0.1, -0.05) is 0 Å². The zero-order valence-electron chi connectivity index (χ0n) is 9.74. The lowest BCUT2D eigenvalue weighted by Gasteiger charge is -2.21. The van der Waals surface area contributed by atoms with Crippen molar-refractivity contribution in [3.8, 4) is 0 Å². The summed E-state index contributed by atoms with van der Waals surface area (Å²) in [7, 11) is 1.15. The summed E-state index contributed by atoms with van der Waals surface area (Å²) in [5.41, 5.74) is 0. The first-order chi connectivity index (χ1) is 8.04. The zero-order valence-corrected chi connectivity index (χ0v) is 9.74. The van der Waals surface area contributed by atoms with Crippen LogP contribution < -0.4 is 5.32 Å². The number of amides is 2. The van der Waals surface area contributed by atoms with Gasteiger partial charge >= 0.3 is 12.1 Å². The summed E-state index contributed by atoms with van der Waals surface area (Å²) < 4.78 is 35.3. The summed E-state index contributed by atoms with van der Waals surface area (Å²) in [6.45, 7) is -0.314. The molecule has 2 amide bonds. The second-order valence-corrected chi connectivity index (χ2v) is 3.59. The molecular formula is C9H13F3N2O4. The van der Waals surface area contributed by atoms with Gasteiger partial charge in [0.1, 0.15) is 19.0 Å². The van der Waals surface area contributed by atoms with E-state index in [9.17, 15) is 27.6 Å². The third-order valence-electron chi connectivity index (χ3n) is 2.13. The van der Waals surface area contributed by atoms with E-state index in [0.717, 1.165) is 11.9 Å². The normalized spacial score (nSPS) is 12.7. The van der Waals surface area contributed by atoms with Crippen LogP contribution in [-0.2, 0) is 14.4 Å². The third kappa shape index (κ3) is 6.06. The van der Waals surface area contributed by atoms with Crippen molar-refractivity contribution in [1.29, 1.82) is 0 Å². The van der Waals surface area contributed by atoms with Crippen molar-refractivity contribution in [2.75, 3.05) is 13.6 Å². The molecule has 0 rings (SSSR count). The first-order valence-corrected chi connectivity index (χ1v) is 4.86. The molecule has 2 N–H and O–H groups in total. The minimum absolute atomic E-state index is 0.773. The lowest BCUT2D eigenvalue weighted by Crippen LogP contribution is -2.43. The maximum atomic E-state index is 11.8. The Hall–Kier alpha value is -1.80. The molecule has 0 fully saturated rings. The van der Waals surface area contributed by atoms with Crippen molar-refractivity contribution in [3.05, 3.63) is 0 Å². The van der Waals surface area contributed by atoms with Gasteiger partial charge in [0.15, 0.2) is 0 Å². The number of aliphatic carboxylic acids is 1. The van der Waals surface area contributed by atoms with Gasteiger partial charge < -0.3 is 15.3 Å². The molecule has 0 heterocycles. The fraction of sp³-hybridized carbons (Fsp3) is 0.667. The van der Waals surface area contributed by atoms with E-state index in [1.165, 1.54) is 12.2 Å². The van der Waals surface area contributed by atoms with Gasteiger partial charge in [0, 0.05) is 7.05 Å². The van der Waals surface area contributed by atoms with E-state index < -0.39 is 43.0 Å². The van der Waals surface area contributed by atoms with E-state index in [-0.39, 0.29) is 0 Å². The van der Waals surface area contributed by atoms with Gasteiger partial charge in [-0.15, -0.1) is 0 Å². The number of likely N-dealkylation sites (N-methyl/N-ethyl adjacent to an activating group) is 1. The molecule has 0 spiro atoms. The summed E-state index contributed by atoms with van der Waals surface area (Å²) in [4.78, 5) is 33.7. The molecule has 9 heteroatoms. The van der Waals surface area contributed by atoms with E-state index in [2.05, 4.69) is 0 Å². The number of carbonyl (C=O) groups is 3. The highest BCUT2D eigenvalue weighted by atomic mass is 19.4. The van der Waals surface area contributed by atoms with Crippen LogP contribution in [-0.4, -0.2) is 53.6 Å². The van der Waals surface area contributed by atoms with E-state index in [0.29, 0.717) is 0 Å². The Balaban J connectivity index is 4.24. The average molecular weight is 270 g/mol. The van der Waals surface area contributed by atoms with Crippen LogP contribution in [0.2, 0.25) is 0 Å². The maximum Gasteiger partial charge on any atom is 0.405 e. The highest BCUT2D eigenvalue weighted by Gasteiger charge is 2.29. The van der Waals surface area contributed by atoms with Crippen LogP contribution in [0.15, 0.2) is 0 Å². The highest BCUT2D eigenvalue weighted by Crippen LogP contribution is 2.12. The Morgan fingerprint density at radius 1 is 1.33 bits per heavy atom. The van der Waals surface area contributed by atoms with Crippen LogP contribution in [0.5, 0.6) is 0 Å². The lowest BCUT2D eigenvalue weighted by atomic mass is 10.2. The van der Waals surface area contributed by atoms with Crippen molar-refractivity contribution < 1.29 is 32.7 Å². The van der Waals surface area contributed by atoms with Crippen LogP contribution in [0.4, 0.5) is 13.2 Å². The van der Waals surface area contributed by atoms with Gasteiger partial charge in [-0.25, -0.2) is 4.79 Å². The topological polar surface area (TPSA) is 86.7 Å². The molecule has 0 aliphatic rings. The van der Waals surface area contributed by atoms with E-state index >= 15 is 0 Å². The van der Waals surface area contributed by atoms with Crippen molar-refractivity contribution in [3.63, 3.8) is 0 Å². The van der Waals surface area contributed by atoms with Gasteiger partial charge in [-0.3, -0.25) is 9.59 Å². The molecule has 0 aliphatic carbocycles. The van der Waals surface area contributed by atoms with Crippen LogP contribution in [0, 0.1) is 0 Å². The lowest BCUT2D eigenvalue weighted by molar-refractivity contribution is -0.150. The van der Waals surface area contributed by atoms with Gasteiger partial charge in [-0.05, 0) is 6.92 Å². The number of nitrogens with zero attached hydrogens (tertiary/aromatic N) is 1. The fourth-order valence-corrected chi connectivity index (χ4v) is 0.905. The van der Waals surface area contributed by atoms with Crippen LogP contribution >= 0.6 is 0 Å². The molecule has 0 aliphatic heterocycles. The molecular weight excluding hydrogens is 257 g/mol. The van der Waals surface area contributed by atoms with Crippen molar-refractivity contribution in [2.24, 2.45) is 0 Å². The van der Waals surface area contributed by atoms with Gasteiger partial charge in [0.25, 0.3) is 0 Å². The maximum absolute atomic E-state index is 11.8. The molecule has 0 aromatic heterocycles. The standard InChI is InChI=1S/C9H13F3N2O4/c1-5(8(17)18)14(2)7(16)3-6(15)13-4-9(10,11)12/h5H,3-4H2,1-2H3,(H,13,15)(H,17,18). The Bertz CT molecular complexity index is 343.